The van der Waals surface area contributed by atoms with Gasteiger partial charge in [-0.1, -0.05) is 0 Å². The van der Waals surface area contributed by atoms with Gasteiger partial charge in [-0.15, -0.1) is 0 Å². The highest BCUT2D eigenvalue weighted by atomic mass is 16.5. The Morgan fingerprint density at radius 2 is 2.05 bits per heavy atom. The highest BCUT2D eigenvalue weighted by Gasteiger charge is 2.12. The van der Waals surface area contributed by atoms with Crippen molar-refractivity contribution in [3.63, 3.8) is 0 Å². The first-order chi connectivity index (χ1) is 9.47. The molecular formula is C15H18N2O3. The molecule has 0 radical (unpaired) electrons. The van der Waals surface area contributed by atoms with Crippen molar-refractivity contribution in [2.24, 2.45) is 0 Å². The summed E-state index contributed by atoms with van der Waals surface area (Å²) in [5.74, 6) is -0.156. The smallest absolute Gasteiger partial charge is 0.325 e. The van der Waals surface area contributed by atoms with E-state index in [9.17, 15) is 4.79 Å². The minimum Gasteiger partial charge on any atom is -0.491 e. The quantitative estimate of drug-likeness (QED) is 0.877. The molecule has 0 aliphatic carbocycles. The first-order valence-corrected chi connectivity index (χ1v) is 6.52. The van der Waals surface area contributed by atoms with Gasteiger partial charge in [0.25, 0.3) is 0 Å². The number of fused-ring (bicyclic) bond motifs is 1. The van der Waals surface area contributed by atoms with Crippen molar-refractivity contribution in [1.82, 2.24) is 4.98 Å². The lowest BCUT2D eigenvalue weighted by molar-refractivity contribution is -0.137. The van der Waals surface area contributed by atoms with E-state index in [2.05, 4.69) is 10.3 Å². The van der Waals surface area contributed by atoms with Crippen molar-refractivity contribution in [2.75, 3.05) is 5.32 Å². The van der Waals surface area contributed by atoms with Crippen LogP contribution >= 0.6 is 0 Å². The van der Waals surface area contributed by atoms with Crippen molar-refractivity contribution in [3.8, 4) is 5.75 Å². The predicted molar refractivity (Wildman–Crippen MR) is 78.2 cm³/mol. The minimum absolute atomic E-state index is 0.0819. The molecule has 1 aromatic heterocycles. The molecule has 1 aromatic carbocycles. The number of aliphatic carboxylic acids is 1. The second-order valence-electron chi connectivity index (χ2n) is 4.91. The van der Waals surface area contributed by atoms with Crippen LogP contribution in [-0.2, 0) is 4.79 Å². The number of hydrogen-bond donors (Lipinski definition) is 2. The predicted octanol–water partition coefficient (Wildman–Crippen LogP) is 2.91. The van der Waals surface area contributed by atoms with Gasteiger partial charge >= 0.3 is 5.97 Å². The molecule has 0 saturated heterocycles. The molecule has 0 aliphatic heterocycles. The molecule has 20 heavy (non-hydrogen) atoms. The zero-order valence-electron chi connectivity index (χ0n) is 11.8. The van der Waals surface area contributed by atoms with Gasteiger partial charge in [0.1, 0.15) is 11.8 Å². The maximum atomic E-state index is 10.9. The third-order valence-corrected chi connectivity index (χ3v) is 2.83. The molecule has 2 rings (SSSR count). The summed E-state index contributed by atoms with van der Waals surface area (Å²) in [5.41, 5.74) is 1.53. The van der Waals surface area contributed by atoms with Crippen LogP contribution < -0.4 is 10.1 Å². The highest BCUT2D eigenvalue weighted by molar-refractivity contribution is 5.93. The summed E-state index contributed by atoms with van der Waals surface area (Å²) in [6.45, 7) is 5.52. The number of carbonyl (C=O) groups is 1. The van der Waals surface area contributed by atoms with E-state index in [0.29, 0.717) is 0 Å². The van der Waals surface area contributed by atoms with E-state index >= 15 is 0 Å². The summed E-state index contributed by atoms with van der Waals surface area (Å²) in [6.07, 6.45) is 1.74. The average molecular weight is 274 g/mol. The van der Waals surface area contributed by atoms with E-state index in [-0.39, 0.29) is 6.10 Å². The Morgan fingerprint density at radius 3 is 2.70 bits per heavy atom. The Kier molecular flexibility index (Phi) is 4.08. The topological polar surface area (TPSA) is 71.5 Å². The second-order valence-corrected chi connectivity index (χ2v) is 4.91. The van der Waals surface area contributed by atoms with Gasteiger partial charge in [0, 0.05) is 17.3 Å². The number of aromatic nitrogens is 1. The number of anilines is 1. The van der Waals surface area contributed by atoms with E-state index in [1.54, 1.807) is 19.2 Å². The number of rotatable bonds is 5. The van der Waals surface area contributed by atoms with Crippen LogP contribution in [0.2, 0.25) is 0 Å². The zero-order chi connectivity index (χ0) is 14.7. The number of pyridine rings is 1. The minimum atomic E-state index is -0.899. The van der Waals surface area contributed by atoms with Crippen molar-refractivity contribution in [1.29, 1.82) is 0 Å². The Morgan fingerprint density at radius 1 is 1.30 bits per heavy atom. The maximum Gasteiger partial charge on any atom is 0.325 e. The van der Waals surface area contributed by atoms with Gasteiger partial charge in [0.15, 0.2) is 0 Å². The van der Waals surface area contributed by atoms with Crippen molar-refractivity contribution in [3.05, 3.63) is 30.5 Å². The molecule has 0 amide bonds. The molecule has 1 unspecified atom stereocenters. The Balaban J connectivity index is 2.40. The van der Waals surface area contributed by atoms with Crippen LogP contribution in [0.25, 0.3) is 10.9 Å². The van der Waals surface area contributed by atoms with Crippen LogP contribution in [0.3, 0.4) is 0 Å². The summed E-state index contributed by atoms with van der Waals surface area (Å²) < 4.78 is 5.66. The molecule has 1 heterocycles. The SMILES string of the molecule is CC(C)Oc1ccc2nccc(NC(C)C(=O)O)c2c1. The molecule has 0 saturated carbocycles. The summed E-state index contributed by atoms with van der Waals surface area (Å²) in [4.78, 5) is 15.2. The second kappa shape index (κ2) is 5.77. The van der Waals surface area contributed by atoms with Crippen molar-refractivity contribution < 1.29 is 14.6 Å². The molecule has 0 fully saturated rings. The fourth-order valence-electron chi connectivity index (χ4n) is 1.89. The van der Waals surface area contributed by atoms with E-state index in [1.807, 2.05) is 32.0 Å². The number of nitrogens with one attached hydrogen (secondary N) is 1. The van der Waals surface area contributed by atoms with Crippen LogP contribution in [0.15, 0.2) is 30.5 Å². The zero-order valence-corrected chi connectivity index (χ0v) is 11.8. The number of nitrogens with zero attached hydrogens (tertiary/aromatic N) is 1. The summed E-state index contributed by atoms with van der Waals surface area (Å²) in [5, 5.41) is 12.8. The Bertz CT molecular complexity index is 626. The van der Waals surface area contributed by atoms with E-state index in [0.717, 1.165) is 22.3 Å². The Hall–Kier alpha value is -2.30. The third kappa shape index (κ3) is 3.17. The van der Waals surface area contributed by atoms with Gasteiger partial charge < -0.3 is 15.2 Å². The van der Waals surface area contributed by atoms with Crippen molar-refractivity contribution >= 4 is 22.6 Å². The molecule has 2 aromatic rings. The van der Waals surface area contributed by atoms with Gasteiger partial charge in [-0.05, 0) is 45.0 Å². The lowest BCUT2D eigenvalue weighted by atomic mass is 10.1. The molecule has 0 bridgehead atoms. The van der Waals surface area contributed by atoms with Crippen LogP contribution in [0, 0.1) is 0 Å². The van der Waals surface area contributed by atoms with Crippen LogP contribution in [0.4, 0.5) is 5.69 Å². The first kappa shape index (κ1) is 14.1. The van der Waals surface area contributed by atoms with Gasteiger partial charge in [-0.2, -0.15) is 0 Å². The first-order valence-electron chi connectivity index (χ1n) is 6.52. The summed E-state index contributed by atoms with van der Waals surface area (Å²) >= 11 is 0. The van der Waals surface area contributed by atoms with Gasteiger partial charge in [0.2, 0.25) is 0 Å². The standard InChI is InChI=1S/C15H18N2O3/c1-9(2)20-11-4-5-13-12(8-11)14(6-7-16-13)17-10(3)15(18)19/h4-10H,1-3H3,(H,16,17)(H,18,19). The molecule has 5 heteroatoms. The van der Waals surface area contributed by atoms with Gasteiger partial charge in [0.05, 0.1) is 11.6 Å². The molecule has 5 nitrogen and oxygen atoms in total. The fourth-order valence-corrected chi connectivity index (χ4v) is 1.89. The lowest BCUT2D eigenvalue weighted by Crippen LogP contribution is -2.25. The number of hydrogen-bond acceptors (Lipinski definition) is 4. The molecule has 0 aliphatic rings. The lowest BCUT2D eigenvalue weighted by Gasteiger charge is -2.14. The van der Waals surface area contributed by atoms with Crippen LogP contribution in [0.5, 0.6) is 5.75 Å². The monoisotopic (exact) mass is 274 g/mol. The molecule has 1 atom stereocenters. The fraction of sp³-hybridized carbons (Fsp3) is 0.333. The summed E-state index contributed by atoms with van der Waals surface area (Å²) in [6, 6.07) is 6.69. The molecule has 0 spiro atoms. The molecule has 2 N–H and O–H groups in total. The van der Waals surface area contributed by atoms with E-state index in [4.69, 9.17) is 9.84 Å². The third-order valence-electron chi connectivity index (χ3n) is 2.83. The largest absolute Gasteiger partial charge is 0.491 e. The van der Waals surface area contributed by atoms with Gasteiger partial charge in [-0.25, -0.2) is 0 Å². The number of benzene rings is 1. The van der Waals surface area contributed by atoms with Crippen LogP contribution in [-0.4, -0.2) is 28.2 Å². The van der Waals surface area contributed by atoms with Crippen LogP contribution in [0.1, 0.15) is 20.8 Å². The number of carboxylic acids is 1. The van der Waals surface area contributed by atoms with Gasteiger partial charge in [-0.3, -0.25) is 9.78 Å². The van der Waals surface area contributed by atoms with E-state index in [1.165, 1.54) is 0 Å². The highest BCUT2D eigenvalue weighted by Crippen LogP contribution is 2.27. The molecular weight excluding hydrogens is 256 g/mol. The Labute approximate surface area is 117 Å². The maximum absolute atomic E-state index is 10.9. The number of carboxylic acid groups (broad SMARTS) is 1. The average Bonchev–Trinajstić information content (AvgIpc) is 2.38. The summed E-state index contributed by atoms with van der Waals surface area (Å²) in [7, 11) is 0. The normalized spacial score (nSPS) is 12.4. The van der Waals surface area contributed by atoms with E-state index < -0.39 is 12.0 Å². The number of ether oxygens (including phenoxy) is 1. The van der Waals surface area contributed by atoms with Crippen molar-refractivity contribution in [2.45, 2.75) is 32.9 Å². The molecule has 106 valence electrons.